The number of furan rings is 1. The molecule has 1 N–H and O–H groups in total. The van der Waals surface area contributed by atoms with Crippen molar-refractivity contribution in [3.05, 3.63) is 42.2 Å². The Morgan fingerprint density at radius 2 is 2.12 bits per heavy atom. The zero-order valence-corrected chi connectivity index (χ0v) is 10.2. The van der Waals surface area contributed by atoms with Gasteiger partial charge in [0.25, 0.3) is 0 Å². The van der Waals surface area contributed by atoms with E-state index in [9.17, 15) is 0 Å². The molecule has 0 bridgehead atoms. The Balaban J connectivity index is 2.22. The largest absolute Gasteiger partial charge is 0.494 e. The molecule has 1 heterocycles. The van der Waals surface area contributed by atoms with E-state index in [2.05, 4.69) is 5.32 Å². The number of rotatable bonds is 5. The molecule has 0 spiro atoms. The lowest BCUT2D eigenvalue weighted by atomic mass is 10.1. The van der Waals surface area contributed by atoms with Crippen LogP contribution in [0.1, 0.15) is 12.7 Å². The molecule has 2 rings (SSSR count). The van der Waals surface area contributed by atoms with Gasteiger partial charge in [-0.15, -0.1) is 0 Å². The van der Waals surface area contributed by atoms with Crippen molar-refractivity contribution in [1.29, 1.82) is 0 Å². The van der Waals surface area contributed by atoms with Crippen LogP contribution in [0.4, 0.5) is 0 Å². The fourth-order valence-corrected chi connectivity index (χ4v) is 1.71. The van der Waals surface area contributed by atoms with E-state index in [0.717, 1.165) is 29.4 Å². The highest BCUT2D eigenvalue weighted by Crippen LogP contribution is 2.25. The van der Waals surface area contributed by atoms with Crippen LogP contribution < -0.4 is 10.1 Å². The molecule has 90 valence electrons. The van der Waals surface area contributed by atoms with Crippen molar-refractivity contribution in [2.24, 2.45) is 0 Å². The van der Waals surface area contributed by atoms with Crippen LogP contribution in [0.2, 0.25) is 0 Å². The van der Waals surface area contributed by atoms with Crippen molar-refractivity contribution >= 4 is 0 Å². The van der Waals surface area contributed by atoms with E-state index >= 15 is 0 Å². The Hall–Kier alpha value is -1.74. The third-order valence-corrected chi connectivity index (χ3v) is 2.44. The van der Waals surface area contributed by atoms with E-state index in [-0.39, 0.29) is 0 Å². The summed E-state index contributed by atoms with van der Waals surface area (Å²) in [4.78, 5) is 0. The summed E-state index contributed by atoms with van der Waals surface area (Å²) in [5.74, 6) is 2.68. The van der Waals surface area contributed by atoms with Crippen LogP contribution in [0.15, 0.2) is 40.8 Å². The molecule has 0 radical (unpaired) electrons. The predicted octanol–water partition coefficient (Wildman–Crippen LogP) is 3.06. The number of hydrogen-bond acceptors (Lipinski definition) is 3. The molecule has 1 aromatic heterocycles. The predicted molar refractivity (Wildman–Crippen MR) is 68.1 cm³/mol. The van der Waals surface area contributed by atoms with Crippen molar-refractivity contribution in [2.45, 2.75) is 13.5 Å². The lowest BCUT2D eigenvalue weighted by Gasteiger charge is -2.04. The van der Waals surface area contributed by atoms with Crippen molar-refractivity contribution in [3.8, 4) is 17.1 Å². The third kappa shape index (κ3) is 2.88. The van der Waals surface area contributed by atoms with Gasteiger partial charge < -0.3 is 14.5 Å². The lowest BCUT2D eigenvalue weighted by Crippen LogP contribution is -2.03. The maximum Gasteiger partial charge on any atom is 0.134 e. The van der Waals surface area contributed by atoms with Gasteiger partial charge in [0.15, 0.2) is 0 Å². The van der Waals surface area contributed by atoms with Crippen molar-refractivity contribution < 1.29 is 9.15 Å². The van der Waals surface area contributed by atoms with E-state index in [1.807, 2.05) is 50.4 Å². The van der Waals surface area contributed by atoms with Crippen molar-refractivity contribution in [2.75, 3.05) is 13.7 Å². The van der Waals surface area contributed by atoms with E-state index < -0.39 is 0 Å². The highest BCUT2D eigenvalue weighted by atomic mass is 16.5. The van der Waals surface area contributed by atoms with Crippen LogP contribution in [-0.4, -0.2) is 13.7 Å². The van der Waals surface area contributed by atoms with Crippen LogP contribution in [0, 0.1) is 0 Å². The van der Waals surface area contributed by atoms with E-state index in [0.29, 0.717) is 6.61 Å². The summed E-state index contributed by atoms with van der Waals surface area (Å²) < 4.78 is 11.2. The first-order valence-electron chi connectivity index (χ1n) is 5.80. The lowest BCUT2D eigenvalue weighted by molar-refractivity contribution is 0.340. The van der Waals surface area contributed by atoms with Crippen LogP contribution >= 0.6 is 0 Å². The fourth-order valence-electron chi connectivity index (χ4n) is 1.71. The zero-order valence-electron chi connectivity index (χ0n) is 10.2. The summed E-state index contributed by atoms with van der Waals surface area (Å²) in [6.07, 6.45) is 0. The first kappa shape index (κ1) is 11.7. The quantitative estimate of drug-likeness (QED) is 0.858. The molecule has 2 aromatic rings. The normalized spacial score (nSPS) is 10.5. The van der Waals surface area contributed by atoms with Gasteiger partial charge in [0, 0.05) is 5.56 Å². The Labute approximate surface area is 101 Å². The molecule has 0 atom stereocenters. The molecule has 3 heteroatoms. The monoisotopic (exact) mass is 231 g/mol. The molecule has 0 saturated heterocycles. The van der Waals surface area contributed by atoms with Crippen LogP contribution in [0.25, 0.3) is 11.3 Å². The first-order valence-corrected chi connectivity index (χ1v) is 5.80. The highest BCUT2D eigenvalue weighted by molar-refractivity contribution is 5.59. The average Bonchev–Trinajstić information content (AvgIpc) is 2.79. The molecular weight excluding hydrogens is 214 g/mol. The van der Waals surface area contributed by atoms with Gasteiger partial charge in [0.1, 0.15) is 17.3 Å². The van der Waals surface area contributed by atoms with Gasteiger partial charge in [-0.1, -0.05) is 12.1 Å². The Bertz CT molecular complexity index is 477. The smallest absolute Gasteiger partial charge is 0.134 e. The number of benzene rings is 1. The SMILES string of the molecule is CCOc1cccc(-c2ccc(CNC)o2)c1. The van der Waals surface area contributed by atoms with Gasteiger partial charge in [-0.05, 0) is 38.2 Å². The van der Waals surface area contributed by atoms with Crippen LogP contribution in [0.3, 0.4) is 0 Å². The minimum absolute atomic E-state index is 0.673. The molecule has 0 saturated carbocycles. The number of ether oxygens (including phenoxy) is 1. The van der Waals surface area contributed by atoms with E-state index in [4.69, 9.17) is 9.15 Å². The molecule has 0 aliphatic carbocycles. The molecule has 3 nitrogen and oxygen atoms in total. The topological polar surface area (TPSA) is 34.4 Å². The summed E-state index contributed by atoms with van der Waals surface area (Å²) in [5.41, 5.74) is 1.04. The second-order valence-corrected chi connectivity index (χ2v) is 3.76. The summed E-state index contributed by atoms with van der Waals surface area (Å²) >= 11 is 0. The first-order chi connectivity index (χ1) is 8.33. The minimum Gasteiger partial charge on any atom is -0.494 e. The van der Waals surface area contributed by atoms with Crippen LogP contribution in [0.5, 0.6) is 5.75 Å². The summed E-state index contributed by atoms with van der Waals surface area (Å²) in [6.45, 7) is 3.39. The van der Waals surface area contributed by atoms with Crippen LogP contribution in [-0.2, 0) is 6.54 Å². The second-order valence-electron chi connectivity index (χ2n) is 3.76. The standard InChI is InChI=1S/C14H17NO2/c1-3-16-12-6-4-5-11(9-12)14-8-7-13(17-14)10-15-2/h4-9,15H,3,10H2,1-2H3. The number of nitrogens with one attached hydrogen (secondary N) is 1. The molecule has 0 fully saturated rings. The average molecular weight is 231 g/mol. The maximum absolute atomic E-state index is 5.73. The highest BCUT2D eigenvalue weighted by Gasteiger charge is 2.05. The molecule has 0 amide bonds. The Morgan fingerprint density at radius 3 is 2.88 bits per heavy atom. The molecule has 0 aliphatic heterocycles. The Morgan fingerprint density at radius 1 is 1.24 bits per heavy atom. The maximum atomic E-state index is 5.73. The summed E-state index contributed by atoms with van der Waals surface area (Å²) in [6, 6.07) is 11.9. The number of hydrogen-bond donors (Lipinski definition) is 1. The van der Waals surface area contributed by atoms with E-state index in [1.165, 1.54) is 0 Å². The Kier molecular flexibility index (Phi) is 3.83. The summed E-state index contributed by atoms with van der Waals surface area (Å²) in [7, 11) is 1.90. The van der Waals surface area contributed by atoms with Gasteiger partial charge in [-0.2, -0.15) is 0 Å². The van der Waals surface area contributed by atoms with Gasteiger partial charge >= 0.3 is 0 Å². The summed E-state index contributed by atoms with van der Waals surface area (Å²) in [5, 5.41) is 3.06. The van der Waals surface area contributed by atoms with Gasteiger partial charge in [-0.3, -0.25) is 0 Å². The third-order valence-electron chi connectivity index (χ3n) is 2.44. The van der Waals surface area contributed by atoms with Gasteiger partial charge in [-0.25, -0.2) is 0 Å². The molecule has 0 aliphatic rings. The van der Waals surface area contributed by atoms with E-state index in [1.54, 1.807) is 0 Å². The van der Waals surface area contributed by atoms with Crippen molar-refractivity contribution in [1.82, 2.24) is 5.32 Å². The molecule has 0 unspecified atom stereocenters. The second kappa shape index (κ2) is 5.55. The molecule has 1 aromatic carbocycles. The minimum atomic E-state index is 0.673. The zero-order chi connectivity index (χ0) is 12.1. The molecule has 17 heavy (non-hydrogen) atoms. The fraction of sp³-hybridized carbons (Fsp3) is 0.286. The van der Waals surface area contributed by atoms with Crippen molar-refractivity contribution in [3.63, 3.8) is 0 Å². The molecular formula is C14H17NO2. The van der Waals surface area contributed by atoms with Gasteiger partial charge in [0.2, 0.25) is 0 Å². The van der Waals surface area contributed by atoms with Gasteiger partial charge in [0.05, 0.1) is 13.2 Å².